The highest BCUT2D eigenvalue weighted by Crippen LogP contribution is 2.26. The number of aromatic nitrogens is 1. The van der Waals surface area contributed by atoms with E-state index in [2.05, 4.69) is 4.98 Å². The lowest BCUT2D eigenvalue weighted by Crippen LogP contribution is -2.30. The van der Waals surface area contributed by atoms with Crippen molar-refractivity contribution < 1.29 is 19.4 Å². The minimum atomic E-state index is -0.843. The number of nitrogens with one attached hydrogen (secondary N) is 1. The van der Waals surface area contributed by atoms with E-state index in [1.807, 2.05) is 25.1 Å². The number of methoxy groups -OCH3 is 1. The van der Waals surface area contributed by atoms with Gasteiger partial charge in [-0.3, -0.25) is 9.59 Å². The molecule has 1 aromatic carbocycles. The molecule has 6 nitrogen and oxygen atoms in total. The Bertz CT molecular complexity index is 737. The van der Waals surface area contributed by atoms with Crippen LogP contribution in [0, 0.1) is 11.8 Å². The molecule has 0 aliphatic carbocycles. The highest BCUT2D eigenvalue weighted by Gasteiger charge is 2.37. The van der Waals surface area contributed by atoms with E-state index < -0.39 is 11.9 Å². The van der Waals surface area contributed by atoms with Gasteiger partial charge in [-0.25, -0.2) is 0 Å². The van der Waals surface area contributed by atoms with Crippen LogP contribution in [-0.4, -0.2) is 47.1 Å². The number of amides is 1. The summed E-state index contributed by atoms with van der Waals surface area (Å²) in [6.07, 6.45) is 0. The van der Waals surface area contributed by atoms with Gasteiger partial charge in [0.2, 0.25) is 0 Å². The predicted octanol–water partition coefficient (Wildman–Crippen LogP) is 1.97. The summed E-state index contributed by atoms with van der Waals surface area (Å²) in [5.41, 5.74) is 1.33. The van der Waals surface area contributed by atoms with Crippen LogP contribution in [0.4, 0.5) is 0 Å². The molecule has 0 saturated carbocycles. The first-order valence-corrected chi connectivity index (χ1v) is 7.18. The molecule has 0 unspecified atom stereocenters. The zero-order chi connectivity index (χ0) is 15.9. The van der Waals surface area contributed by atoms with E-state index >= 15 is 0 Å². The summed E-state index contributed by atoms with van der Waals surface area (Å²) in [6, 6.07) is 7.32. The van der Waals surface area contributed by atoms with Crippen molar-refractivity contribution in [1.82, 2.24) is 9.88 Å². The average Bonchev–Trinajstić information content (AvgIpc) is 3.08. The second-order valence-corrected chi connectivity index (χ2v) is 5.77. The van der Waals surface area contributed by atoms with Gasteiger partial charge in [0.05, 0.1) is 13.0 Å². The molecule has 6 heteroatoms. The van der Waals surface area contributed by atoms with E-state index in [4.69, 9.17) is 9.84 Å². The number of aromatic amines is 1. The average molecular weight is 302 g/mol. The van der Waals surface area contributed by atoms with Gasteiger partial charge in [-0.1, -0.05) is 6.92 Å². The number of ether oxygens (including phenoxy) is 1. The minimum absolute atomic E-state index is 0.0362. The maximum Gasteiger partial charge on any atom is 0.308 e. The summed E-state index contributed by atoms with van der Waals surface area (Å²) >= 11 is 0. The number of H-pyrrole nitrogens is 1. The first-order valence-electron chi connectivity index (χ1n) is 7.18. The number of carboxylic acids is 1. The molecule has 2 aromatic rings. The molecule has 0 bridgehead atoms. The van der Waals surface area contributed by atoms with E-state index in [0.717, 1.165) is 16.7 Å². The summed E-state index contributed by atoms with van der Waals surface area (Å²) in [4.78, 5) is 28.4. The Labute approximate surface area is 127 Å². The largest absolute Gasteiger partial charge is 0.497 e. The molecule has 1 aliphatic rings. The number of fused-ring (bicyclic) bond motifs is 1. The van der Waals surface area contributed by atoms with Crippen LogP contribution < -0.4 is 4.74 Å². The van der Waals surface area contributed by atoms with Crippen LogP contribution in [0.25, 0.3) is 10.9 Å². The molecule has 0 radical (unpaired) electrons. The number of benzene rings is 1. The number of nitrogens with zero attached hydrogens (tertiary/aromatic N) is 1. The Morgan fingerprint density at radius 1 is 1.32 bits per heavy atom. The lowest BCUT2D eigenvalue weighted by molar-refractivity contribution is -0.142. The first-order chi connectivity index (χ1) is 10.5. The Balaban J connectivity index is 1.85. The third kappa shape index (κ3) is 2.41. The maximum atomic E-state index is 12.6. The zero-order valence-electron chi connectivity index (χ0n) is 12.5. The van der Waals surface area contributed by atoms with Gasteiger partial charge in [0.25, 0.3) is 5.91 Å². The van der Waals surface area contributed by atoms with E-state index in [9.17, 15) is 9.59 Å². The lowest BCUT2D eigenvalue weighted by atomic mass is 9.99. The molecule has 2 heterocycles. The fraction of sp³-hybridized carbons (Fsp3) is 0.375. The summed E-state index contributed by atoms with van der Waals surface area (Å²) in [6.45, 7) is 2.59. The minimum Gasteiger partial charge on any atom is -0.497 e. The molecule has 1 fully saturated rings. The number of aliphatic carboxylic acids is 1. The number of rotatable bonds is 3. The van der Waals surface area contributed by atoms with Crippen LogP contribution >= 0.6 is 0 Å². The Hall–Kier alpha value is -2.50. The van der Waals surface area contributed by atoms with Gasteiger partial charge in [-0.15, -0.1) is 0 Å². The van der Waals surface area contributed by atoms with Crippen molar-refractivity contribution in [2.45, 2.75) is 6.92 Å². The molecule has 3 rings (SSSR count). The van der Waals surface area contributed by atoms with Gasteiger partial charge in [0, 0.05) is 24.0 Å². The van der Waals surface area contributed by atoms with Gasteiger partial charge in [0.1, 0.15) is 11.4 Å². The summed E-state index contributed by atoms with van der Waals surface area (Å²) in [7, 11) is 1.59. The normalized spacial score (nSPS) is 21.3. The third-order valence-corrected chi connectivity index (χ3v) is 4.28. The second kappa shape index (κ2) is 5.36. The molecule has 0 spiro atoms. The molecule has 1 aromatic heterocycles. The number of hydrogen-bond acceptors (Lipinski definition) is 3. The van der Waals surface area contributed by atoms with Crippen LogP contribution in [0.15, 0.2) is 24.3 Å². The van der Waals surface area contributed by atoms with Gasteiger partial charge in [-0.05, 0) is 30.2 Å². The predicted molar refractivity (Wildman–Crippen MR) is 81.0 cm³/mol. The van der Waals surface area contributed by atoms with Gasteiger partial charge in [-0.2, -0.15) is 0 Å². The lowest BCUT2D eigenvalue weighted by Gasteiger charge is -2.14. The number of carbonyl (C=O) groups excluding carboxylic acids is 1. The summed E-state index contributed by atoms with van der Waals surface area (Å²) in [5, 5.41) is 10.1. The number of carboxylic acid groups (broad SMARTS) is 1. The molecule has 2 N–H and O–H groups in total. The zero-order valence-corrected chi connectivity index (χ0v) is 12.5. The van der Waals surface area contributed by atoms with Crippen molar-refractivity contribution >= 4 is 22.8 Å². The van der Waals surface area contributed by atoms with Gasteiger partial charge < -0.3 is 19.7 Å². The Morgan fingerprint density at radius 2 is 2.09 bits per heavy atom. The second-order valence-electron chi connectivity index (χ2n) is 5.77. The van der Waals surface area contributed by atoms with Gasteiger partial charge >= 0.3 is 5.97 Å². The summed E-state index contributed by atoms with van der Waals surface area (Å²) < 4.78 is 5.17. The van der Waals surface area contributed by atoms with Crippen molar-refractivity contribution in [3.8, 4) is 5.75 Å². The number of hydrogen-bond donors (Lipinski definition) is 2. The molecular weight excluding hydrogens is 284 g/mol. The van der Waals surface area contributed by atoms with Crippen LogP contribution in [-0.2, 0) is 4.79 Å². The maximum absolute atomic E-state index is 12.6. The van der Waals surface area contributed by atoms with Crippen molar-refractivity contribution in [3.63, 3.8) is 0 Å². The van der Waals surface area contributed by atoms with E-state index in [1.165, 1.54) is 0 Å². The summed E-state index contributed by atoms with van der Waals surface area (Å²) in [5.74, 6) is -0.805. The molecular formula is C16H18N2O4. The van der Waals surface area contributed by atoms with E-state index in [0.29, 0.717) is 12.2 Å². The fourth-order valence-electron chi connectivity index (χ4n) is 2.98. The van der Waals surface area contributed by atoms with Crippen molar-refractivity contribution in [2.75, 3.05) is 20.2 Å². The fourth-order valence-corrected chi connectivity index (χ4v) is 2.98. The van der Waals surface area contributed by atoms with Crippen LogP contribution in [0.3, 0.4) is 0 Å². The van der Waals surface area contributed by atoms with Gasteiger partial charge in [0.15, 0.2) is 0 Å². The molecule has 1 aliphatic heterocycles. The third-order valence-electron chi connectivity index (χ3n) is 4.28. The topological polar surface area (TPSA) is 82.6 Å². The van der Waals surface area contributed by atoms with Crippen LogP contribution in [0.2, 0.25) is 0 Å². The van der Waals surface area contributed by atoms with Crippen molar-refractivity contribution in [2.24, 2.45) is 11.8 Å². The quantitative estimate of drug-likeness (QED) is 0.908. The number of likely N-dealkylation sites (tertiary alicyclic amines) is 1. The molecule has 1 amide bonds. The Morgan fingerprint density at radius 3 is 2.73 bits per heavy atom. The molecule has 116 valence electrons. The highest BCUT2D eigenvalue weighted by atomic mass is 16.5. The van der Waals surface area contributed by atoms with E-state index in [-0.39, 0.29) is 18.4 Å². The monoisotopic (exact) mass is 302 g/mol. The van der Waals surface area contributed by atoms with Crippen molar-refractivity contribution in [1.29, 1.82) is 0 Å². The van der Waals surface area contributed by atoms with Crippen molar-refractivity contribution in [3.05, 3.63) is 30.0 Å². The Kier molecular flexibility index (Phi) is 3.52. The number of carbonyl (C=O) groups is 2. The first kappa shape index (κ1) is 14.4. The highest BCUT2D eigenvalue weighted by molar-refractivity contribution is 5.98. The van der Waals surface area contributed by atoms with Crippen LogP contribution in [0.1, 0.15) is 17.4 Å². The molecule has 22 heavy (non-hydrogen) atoms. The smallest absolute Gasteiger partial charge is 0.308 e. The molecule has 2 atom stereocenters. The standard InChI is InChI=1S/C16H18N2O4/c1-9-7-18(8-12(9)16(20)21)15(19)14-6-10-5-11(22-2)3-4-13(10)17-14/h3-6,9,12,17H,7-8H2,1-2H3,(H,20,21)/t9-,12-/m1/s1. The van der Waals surface area contributed by atoms with E-state index in [1.54, 1.807) is 18.1 Å². The SMILES string of the molecule is COc1ccc2[nH]c(C(=O)N3C[C@@H](C)[C@H](C(=O)O)C3)cc2c1. The molecule has 1 saturated heterocycles. The van der Waals surface area contributed by atoms with Crippen LogP contribution in [0.5, 0.6) is 5.75 Å².